The Morgan fingerprint density at radius 1 is 0.943 bits per heavy atom. The fourth-order valence-electron chi connectivity index (χ4n) is 3.79. The van der Waals surface area contributed by atoms with Crippen molar-refractivity contribution in [2.75, 3.05) is 13.7 Å². The molecule has 3 aromatic carbocycles. The quantitative estimate of drug-likeness (QED) is 0.156. The Balaban J connectivity index is 1.35. The minimum Gasteiger partial charge on any atom is -0.497 e. The number of nitrogens with zero attached hydrogens (tertiary/aromatic N) is 2. The van der Waals surface area contributed by atoms with Crippen molar-refractivity contribution in [3.8, 4) is 17.6 Å². The lowest BCUT2D eigenvalue weighted by Gasteiger charge is -2.13. The van der Waals surface area contributed by atoms with Crippen molar-refractivity contribution in [2.24, 2.45) is 0 Å². The van der Waals surface area contributed by atoms with Crippen LogP contribution in [0.25, 0.3) is 11.6 Å². The molecular formula is C28H22N2O5. The number of allylic oxidation sites excluding steroid dienone is 1. The standard InChI is InChI=1S/C28H22N2O5/c1-34-22-13-11-20(12-14-22)21(18-29)16-19-6-4-7-23(17-19)35-26(31)10-5-15-30-27(32)24-8-2-3-9-25(24)28(30)33/h2-4,6-9,11-14,16-17H,5,10,15H2,1H3/b21-16-. The topological polar surface area (TPSA) is 96.7 Å². The summed E-state index contributed by atoms with van der Waals surface area (Å²) in [6.07, 6.45) is 2.05. The molecule has 0 saturated heterocycles. The van der Waals surface area contributed by atoms with Gasteiger partial charge in [0, 0.05) is 13.0 Å². The first-order valence-electron chi connectivity index (χ1n) is 11.0. The fourth-order valence-corrected chi connectivity index (χ4v) is 3.79. The van der Waals surface area contributed by atoms with Crippen molar-refractivity contribution >= 4 is 29.4 Å². The molecule has 0 aromatic heterocycles. The Morgan fingerprint density at radius 3 is 2.26 bits per heavy atom. The number of hydrogen-bond acceptors (Lipinski definition) is 6. The summed E-state index contributed by atoms with van der Waals surface area (Å²) in [6.45, 7) is 0.137. The highest BCUT2D eigenvalue weighted by Crippen LogP contribution is 2.24. The number of carbonyl (C=O) groups excluding carboxylic acids is 3. The van der Waals surface area contributed by atoms with Crippen molar-refractivity contribution in [1.29, 1.82) is 5.26 Å². The first kappa shape index (κ1) is 23.5. The molecule has 0 aliphatic carbocycles. The van der Waals surface area contributed by atoms with Crippen LogP contribution < -0.4 is 9.47 Å². The Kier molecular flexibility index (Phi) is 7.03. The molecule has 0 bridgehead atoms. The summed E-state index contributed by atoms with van der Waals surface area (Å²) in [6, 6.07) is 22.9. The molecule has 0 fully saturated rings. The van der Waals surface area contributed by atoms with E-state index in [9.17, 15) is 19.6 Å². The van der Waals surface area contributed by atoms with Gasteiger partial charge in [-0.1, -0.05) is 24.3 Å². The highest BCUT2D eigenvalue weighted by molar-refractivity contribution is 6.21. The number of methoxy groups -OCH3 is 1. The molecule has 7 nitrogen and oxygen atoms in total. The van der Waals surface area contributed by atoms with E-state index < -0.39 is 5.97 Å². The predicted molar refractivity (Wildman–Crippen MR) is 130 cm³/mol. The van der Waals surface area contributed by atoms with Crippen LogP contribution in [0.1, 0.15) is 44.7 Å². The van der Waals surface area contributed by atoms with Gasteiger partial charge in [0.1, 0.15) is 11.5 Å². The SMILES string of the molecule is COc1ccc(/C(C#N)=C\c2cccc(OC(=O)CCCN3C(=O)c4ccccc4C3=O)c2)cc1. The van der Waals surface area contributed by atoms with E-state index in [1.54, 1.807) is 86.0 Å². The largest absolute Gasteiger partial charge is 0.497 e. The molecule has 0 saturated carbocycles. The fraction of sp³-hybridized carbons (Fsp3) is 0.143. The van der Waals surface area contributed by atoms with E-state index in [0.717, 1.165) is 10.5 Å². The third-order valence-corrected chi connectivity index (χ3v) is 5.56. The second-order valence-corrected chi connectivity index (χ2v) is 7.86. The average molecular weight is 466 g/mol. The van der Waals surface area contributed by atoms with E-state index in [1.807, 2.05) is 0 Å². The Bertz CT molecular complexity index is 1320. The molecule has 0 atom stereocenters. The number of rotatable bonds is 8. The van der Waals surface area contributed by atoms with Gasteiger partial charge in [0.15, 0.2) is 0 Å². The maximum absolute atomic E-state index is 12.4. The van der Waals surface area contributed by atoms with E-state index in [0.29, 0.717) is 40.2 Å². The third kappa shape index (κ3) is 5.28. The van der Waals surface area contributed by atoms with Crippen molar-refractivity contribution in [2.45, 2.75) is 12.8 Å². The van der Waals surface area contributed by atoms with Gasteiger partial charge in [-0.05, 0) is 72.2 Å². The van der Waals surface area contributed by atoms with Crippen LogP contribution in [0.4, 0.5) is 0 Å². The van der Waals surface area contributed by atoms with Gasteiger partial charge < -0.3 is 9.47 Å². The first-order valence-corrected chi connectivity index (χ1v) is 11.0. The van der Waals surface area contributed by atoms with Gasteiger partial charge in [-0.2, -0.15) is 5.26 Å². The van der Waals surface area contributed by atoms with Gasteiger partial charge in [-0.25, -0.2) is 0 Å². The van der Waals surface area contributed by atoms with E-state index in [4.69, 9.17) is 9.47 Å². The normalized spacial score (nSPS) is 12.8. The summed E-state index contributed by atoms with van der Waals surface area (Å²) in [5, 5.41) is 9.58. The number of ether oxygens (including phenoxy) is 2. The Morgan fingerprint density at radius 2 is 1.63 bits per heavy atom. The second kappa shape index (κ2) is 10.5. The van der Waals surface area contributed by atoms with Crippen LogP contribution in [-0.2, 0) is 4.79 Å². The monoisotopic (exact) mass is 466 g/mol. The third-order valence-electron chi connectivity index (χ3n) is 5.56. The summed E-state index contributed by atoms with van der Waals surface area (Å²) in [4.78, 5) is 38.3. The number of amides is 2. The number of carbonyl (C=O) groups is 3. The van der Waals surface area contributed by atoms with Crippen LogP contribution in [0.15, 0.2) is 72.8 Å². The molecule has 0 radical (unpaired) electrons. The molecule has 7 heteroatoms. The van der Waals surface area contributed by atoms with Crippen molar-refractivity contribution in [1.82, 2.24) is 4.90 Å². The molecule has 0 N–H and O–H groups in total. The molecule has 174 valence electrons. The summed E-state index contributed by atoms with van der Waals surface area (Å²) in [5.74, 6) is -0.120. The number of esters is 1. The highest BCUT2D eigenvalue weighted by Gasteiger charge is 2.34. The second-order valence-electron chi connectivity index (χ2n) is 7.86. The van der Waals surface area contributed by atoms with E-state index in [1.165, 1.54) is 0 Å². The molecule has 0 spiro atoms. The minimum absolute atomic E-state index is 0.0444. The zero-order valence-corrected chi connectivity index (χ0v) is 19.1. The number of benzene rings is 3. The van der Waals surface area contributed by atoms with Gasteiger partial charge in [-0.3, -0.25) is 19.3 Å². The van der Waals surface area contributed by atoms with Gasteiger partial charge in [0.25, 0.3) is 11.8 Å². The molecule has 1 aliphatic rings. The van der Waals surface area contributed by atoms with Crippen molar-refractivity contribution in [3.63, 3.8) is 0 Å². The van der Waals surface area contributed by atoms with Gasteiger partial charge in [0.05, 0.1) is 29.9 Å². The number of imide groups is 1. The van der Waals surface area contributed by atoms with Crippen LogP contribution in [0.5, 0.6) is 11.5 Å². The molecule has 4 rings (SSSR count). The molecule has 2 amide bonds. The number of hydrogen-bond donors (Lipinski definition) is 0. The van der Waals surface area contributed by atoms with Gasteiger partial charge in [-0.15, -0.1) is 0 Å². The summed E-state index contributed by atoms with van der Waals surface area (Å²) in [7, 11) is 1.58. The average Bonchev–Trinajstić information content (AvgIpc) is 3.12. The van der Waals surface area contributed by atoms with Crippen molar-refractivity contribution in [3.05, 3.63) is 95.1 Å². The molecular weight excluding hydrogens is 444 g/mol. The van der Waals surface area contributed by atoms with E-state index in [2.05, 4.69) is 6.07 Å². The lowest BCUT2D eigenvalue weighted by atomic mass is 10.0. The number of nitriles is 1. The van der Waals surface area contributed by atoms with E-state index in [-0.39, 0.29) is 24.8 Å². The lowest BCUT2D eigenvalue weighted by Crippen LogP contribution is -2.31. The molecule has 1 heterocycles. The molecule has 35 heavy (non-hydrogen) atoms. The van der Waals surface area contributed by atoms with Gasteiger partial charge >= 0.3 is 5.97 Å². The highest BCUT2D eigenvalue weighted by atomic mass is 16.5. The lowest BCUT2D eigenvalue weighted by molar-refractivity contribution is -0.134. The Labute approximate surface area is 202 Å². The van der Waals surface area contributed by atoms with Crippen LogP contribution >= 0.6 is 0 Å². The molecule has 0 unspecified atom stereocenters. The smallest absolute Gasteiger partial charge is 0.311 e. The summed E-state index contributed by atoms with van der Waals surface area (Å²) < 4.78 is 10.6. The zero-order valence-electron chi connectivity index (χ0n) is 19.1. The minimum atomic E-state index is -0.474. The molecule has 1 aliphatic heterocycles. The van der Waals surface area contributed by atoms with Gasteiger partial charge in [0.2, 0.25) is 0 Å². The van der Waals surface area contributed by atoms with Crippen LogP contribution in [0.3, 0.4) is 0 Å². The van der Waals surface area contributed by atoms with Crippen LogP contribution in [-0.4, -0.2) is 36.3 Å². The maximum Gasteiger partial charge on any atom is 0.311 e. The zero-order chi connectivity index (χ0) is 24.8. The van der Waals surface area contributed by atoms with Crippen molar-refractivity contribution < 1.29 is 23.9 Å². The Hall–Kier alpha value is -4.70. The molecule has 3 aromatic rings. The summed E-state index contributed by atoms with van der Waals surface area (Å²) in [5.41, 5.74) is 2.67. The maximum atomic E-state index is 12.4. The predicted octanol–water partition coefficient (Wildman–Crippen LogP) is 4.74. The number of fused-ring (bicyclic) bond motifs is 1. The van der Waals surface area contributed by atoms with Crippen LogP contribution in [0.2, 0.25) is 0 Å². The van der Waals surface area contributed by atoms with Crippen LogP contribution in [0, 0.1) is 11.3 Å². The summed E-state index contributed by atoms with van der Waals surface area (Å²) >= 11 is 0. The van der Waals surface area contributed by atoms with E-state index >= 15 is 0 Å². The first-order chi connectivity index (χ1) is 17.0.